The summed E-state index contributed by atoms with van der Waals surface area (Å²) < 4.78 is 0. The van der Waals surface area contributed by atoms with Gasteiger partial charge in [-0.1, -0.05) is 25.1 Å². The SMILES string of the molecule is CS[C@@H](C1=CCCN1)[C@@H](C)C(=O)N(C)CCc1cccc(O)c1. The van der Waals surface area contributed by atoms with Crippen molar-refractivity contribution in [1.29, 1.82) is 0 Å². The van der Waals surface area contributed by atoms with Crippen LogP contribution in [-0.4, -0.2) is 47.6 Å². The Balaban J connectivity index is 1.92. The lowest BCUT2D eigenvalue weighted by molar-refractivity contribution is -0.133. The number of phenolic OH excluding ortho intramolecular Hbond substituents is 1. The van der Waals surface area contributed by atoms with Gasteiger partial charge in [0.1, 0.15) is 5.75 Å². The standard InChI is InChI=1S/C18H26N2O2S/c1-13(17(23-3)16-8-5-10-19-16)18(22)20(2)11-9-14-6-4-7-15(21)12-14/h4,6-8,12-13,17,19,21H,5,9-11H2,1-3H3/t13-,17-/m1/s1. The van der Waals surface area contributed by atoms with Crippen molar-refractivity contribution in [2.45, 2.75) is 25.0 Å². The van der Waals surface area contributed by atoms with E-state index in [2.05, 4.69) is 17.6 Å². The van der Waals surface area contributed by atoms with Crippen molar-refractivity contribution in [3.05, 3.63) is 41.6 Å². The summed E-state index contributed by atoms with van der Waals surface area (Å²) in [6, 6.07) is 7.21. The molecule has 4 nitrogen and oxygen atoms in total. The molecule has 0 bridgehead atoms. The number of hydrogen-bond acceptors (Lipinski definition) is 4. The van der Waals surface area contributed by atoms with Crippen molar-refractivity contribution >= 4 is 17.7 Å². The highest BCUT2D eigenvalue weighted by molar-refractivity contribution is 7.99. The molecule has 0 unspecified atom stereocenters. The number of carbonyl (C=O) groups excluding carboxylic acids is 1. The van der Waals surface area contributed by atoms with E-state index < -0.39 is 0 Å². The van der Waals surface area contributed by atoms with E-state index in [0.29, 0.717) is 6.54 Å². The van der Waals surface area contributed by atoms with Crippen LogP contribution in [0.1, 0.15) is 18.9 Å². The fourth-order valence-corrected chi connectivity index (χ4v) is 3.89. The van der Waals surface area contributed by atoms with Crippen molar-refractivity contribution in [3.63, 3.8) is 0 Å². The number of thioether (sulfide) groups is 1. The normalized spacial score (nSPS) is 16.4. The number of nitrogens with one attached hydrogen (secondary N) is 1. The molecule has 2 atom stereocenters. The van der Waals surface area contributed by atoms with Gasteiger partial charge in [0, 0.05) is 25.8 Å². The fraction of sp³-hybridized carbons (Fsp3) is 0.500. The number of phenols is 1. The molecule has 0 saturated carbocycles. The summed E-state index contributed by atoms with van der Waals surface area (Å²) in [7, 11) is 1.86. The molecule has 1 aromatic rings. The van der Waals surface area contributed by atoms with Gasteiger partial charge in [0.05, 0.1) is 11.2 Å². The molecule has 1 aromatic carbocycles. The zero-order chi connectivity index (χ0) is 16.8. The molecule has 5 heteroatoms. The van der Waals surface area contributed by atoms with Crippen molar-refractivity contribution in [1.82, 2.24) is 10.2 Å². The number of nitrogens with zero attached hydrogens (tertiary/aromatic N) is 1. The minimum absolute atomic E-state index is 0.0592. The van der Waals surface area contributed by atoms with Gasteiger partial charge < -0.3 is 15.3 Å². The van der Waals surface area contributed by atoms with Crippen LogP contribution in [0, 0.1) is 5.92 Å². The zero-order valence-electron chi connectivity index (χ0n) is 14.1. The first kappa shape index (κ1) is 17.7. The molecule has 2 N–H and O–H groups in total. The first-order valence-electron chi connectivity index (χ1n) is 8.02. The lowest BCUT2D eigenvalue weighted by Crippen LogP contribution is -2.39. The second-order valence-electron chi connectivity index (χ2n) is 6.00. The fourth-order valence-electron chi connectivity index (χ4n) is 2.93. The van der Waals surface area contributed by atoms with E-state index >= 15 is 0 Å². The van der Waals surface area contributed by atoms with Crippen molar-refractivity contribution < 1.29 is 9.90 Å². The van der Waals surface area contributed by atoms with Gasteiger partial charge in [0.2, 0.25) is 5.91 Å². The Morgan fingerprint density at radius 2 is 2.26 bits per heavy atom. The van der Waals surface area contributed by atoms with Gasteiger partial charge in [-0.3, -0.25) is 4.79 Å². The van der Waals surface area contributed by atoms with Crippen LogP contribution >= 0.6 is 11.8 Å². The smallest absolute Gasteiger partial charge is 0.226 e. The Kier molecular flexibility index (Phi) is 6.39. The van der Waals surface area contributed by atoms with Crippen LogP contribution in [0.3, 0.4) is 0 Å². The molecule has 1 amide bonds. The zero-order valence-corrected chi connectivity index (χ0v) is 14.9. The van der Waals surface area contributed by atoms with E-state index in [9.17, 15) is 9.90 Å². The molecular formula is C18H26N2O2S. The Morgan fingerprint density at radius 3 is 2.87 bits per heavy atom. The van der Waals surface area contributed by atoms with Gasteiger partial charge >= 0.3 is 0 Å². The summed E-state index contributed by atoms with van der Waals surface area (Å²) in [5, 5.41) is 13.1. The van der Waals surface area contributed by atoms with Crippen LogP contribution < -0.4 is 5.32 Å². The van der Waals surface area contributed by atoms with Gasteiger partial charge in [-0.15, -0.1) is 0 Å². The second-order valence-corrected chi connectivity index (χ2v) is 6.98. The number of amides is 1. The van der Waals surface area contributed by atoms with Crippen LogP contribution in [0.25, 0.3) is 0 Å². The number of carbonyl (C=O) groups is 1. The quantitative estimate of drug-likeness (QED) is 0.805. The summed E-state index contributed by atoms with van der Waals surface area (Å²) in [6.45, 7) is 3.63. The number of likely N-dealkylation sites (N-methyl/N-ethyl adjacent to an activating group) is 1. The van der Waals surface area contributed by atoms with E-state index in [1.54, 1.807) is 28.8 Å². The molecule has 1 aliphatic rings. The summed E-state index contributed by atoms with van der Waals surface area (Å²) in [4.78, 5) is 14.5. The first-order valence-corrected chi connectivity index (χ1v) is 9.31. The van der Waals surface area contributed by atoms with E-state index in [4.69, 9.17) is 0 Å². The van der Waals surface area contributed by atoms with Gasteiger partial charge in [0.25, 0.3) is 0 Å². The second kappa shape index (κ2) is 8.29. The lowest BCUT2D eigenvalue weighted by atomic mass is 10.0. The van der Waals surface area contributed by atoms with Crippen LogP contribution in [0.4, 0.5) is 0 Å². The molecule has 0 radical (unpaired) electrons. The minimum atomic E-state index is -0.0592. The van der Waals surface area contributed by atoms with E-state index in [0.717, 1.165) is 24.9 Å². The van der Waals surface area contributed by atoms with E-state index in [1.165, 1.54) is 5.70 Å². The number of hydrogen-bond donors (Lipinski definition) is 2. The number of aromatic hydroxyl groups is 1. The average Bonchev–Trinajstić information content (AvgIpc) is 3.06. The van der Waals surface area contributed by atoms with Crippen LogP contribution in [0.15, 0.2) is 36.0 Å². The maximum Gasteiger partial charge on any atom is 0.226 e. The Bertz CT molecular complexity index is 574. The van der Waals surface area contributed by atoms with Crippen LogP contribution in [0.5, 0.6) is 5.75 Å². The Hall–Kier alpha value is -1.62. The predicted octanol–water partition coefficient (Wildman–Crippen LogP) is 2.64. The molecule has 126 valence electrons. The maximum absolute atomic E-state index is 12.7. The van der Waals surface area contributed by atoms with E-state index in [1.807, 2.05) is 26.1 Å². The third kappa shape index (κ3) is 4.67. The highest BCUT2D eigenvalue weighted by atomic mass is 32.2. The van der Waals surface area contributed by atoms with Gasteiger partial charge in [-0.2, -0.15) is 11.8 Å². The van der Waals surface area contributed by atoms with Crippen molar-refractivity contribution in [3.8, 4) is 5.75 Å². The molecule has 1 heterocycles. The average molecular weight is 334 g/mol. The molecule has 23 heavy (non-hydrogen) atoms. The summed E-state index contributed by atoms with van der Waals surface area (Å²) in [5.41, 5.74) is 2.23. The molecule has 0 saturated heterocycles. The summed E-state index contributed by atoms with van der Waals surface area (Å²) in [6.07, 6.45) is 6.05. The largest absolute Gasteiger partial charge is 0.508 e. The molecule has 0 spiro atoms. The van der Waals surface area contributed by atoms with Gasteiger partial charge in [-0.05, 0) is 36.8 Å². The predicted molar refractivity (Wildman–Crippen MR) is 96.6 cm³/mol. The number of benzene rings is 1. The maximum atomic E-state index is 12.7. The molecule has 2 rings (SSSR count). The Labute approximate surface area is 143 Å². The summed E-state index contributed by atoms with van der Waals surface area (Å²) in [5.74, 6) is 0.377. The third-order valence-corrected chi connectivity index (χ3v) is 5.43. The first-order chi connectivity index (χ1) is 11.0. The third-order valence-electron chi connectivity index (χ3n) is 4.26. The lowest BCUT2D eigenvalue weighted by Gasteiger charge is -2.27. The van der Waals surface area contributed by atoms with E-state index in [-0.39, 0.29) is 22.8 Å². The van der Waals surface area contributed by atoms with Crippen molar-refractivity contribution in [2.24, 2.45) is 5.92 Å². The minimum Gasteiger partial charge on any atom is -0.508 e. The van der Waals surface area contributed by atoms with Crippen LogP contribution in [0.2, 0.25) is 0 Å². The van der Waals surface area contributed by atoms with Crippen LogP contribution in [-0.2, 0) is 11.2 Å². The topological polar surface area (TPSA) is 52.6 Å². The Morgan fingerprint density at radius 1 is 1.48 bits per heavy atom. The van der Waals surface area contributed by atoms with Crippen molar-refractivity contribution in [2.75, 3.05) is 26.4 Å². The number of rotatable bonds is 7. The van der Waals surface area contributed by atoms with Gasteiger partial charge in [0.15, 0.2) is 0 Å². The van der Waals surface area contributed by atoms with Gasteiger partial charge in [-0.25, -0.2) is 0 Å². The molecule has 1 aliphatic heterocycles. The highest BCUT2D eigenvalue weighted by Crippen LogP contribution is 2.27. The molecule has 0 fully saturated rings. The highest BCUT2D eigenvalue weighted by Gasteiger charge is 2.29. The molecule has 0 aliphatic carbocycles. The summed E-state index contributed by atoms with van der Waals surface area (Å²) >= 11 is 1.73. The molecular weight excluding hydrogens is 308 g/mol. The monoisotopic (exact) mass is 334 g/mol. The molecule has 0 aromatic heterocycles.